The first kappa shape index (κ1) is 17.7. The predicted molar refractivity (Wildman–Crippen MR) is 106 cm³/mol. The number of nitro groups is 1. The standard InChI is InChI=1S/C18H18IN3O3/c1-12-10-13(4-7-17(12)21-8-2-3-9-21)20-18(23)15-11-14(22(24)25)5-6-16(15)19/h4-7,10-11H,2-3,8-9H2,1H3,(H,20,23). The average molecular weight is 451 g/mol. The Morgan fingerprint density at radius 2 is 1.92 bits per heavy atom. The quantitative estimate of drug-likeness (QED) is 0.426. The molecule has 6 nitrogen and oxygen atoms in total. The molecule has 25 heavy (non-hydrogen) atoms. The predicted octanol–water partition coefficient (Wildman–Crippen LogP) is 4.36. The third-order valence-corrected chi connectivity index (χ3v) is 5.25. The zero-order valence-electron chi connectivity index (χ0n) is 13.8. The number of amides is 1. The minimum Gasteiger partial charge on any atom is -0.371 e. The highest BCUT2D eigenvalue weighted by Crippen LogP contribution is 2.27. The maximum atomic E-state index is 12.5. The van der Waals surface area contributed by atoms with Gasteiger partial charge in [-0.3, -0.25) is 14.9 Å². The zero-order valence-corrected chi connectivity index (χ0v) is 15.9. The van der Waals surface area contributed by atoms with Crippen molar-refractivity contribution in [2.45, 2.75) is 19.8 Å². The number of aryl methyl sites for hydroxylation is 1. The molecule has 2 aromatic rings. The maximum Gasteiger partial charge on any atom is 0.270 e. The minimum absolute atomic E-state index is 0.0915. The van der Waals surface area contributed by atoms with E-state index in [0.29, 0.717) is 14.8 Å². The Kier molecular flexibility index (Phi) is 5.22. The number of halogens is 1. The van der Waals surface area contributed by atoms with Crippen molar-refractivity contribution in [2.24, 2.45) is 0 Å². The maximum absolute atomic E-state index is 12.5. The molecule has 1 heterocycles. The van der Waals surface area contributed by atoms with E-state index < -0.39 is 4.92 Å². The van der Waals surface area contributed by atoms with Gasteiger partial charge in [-0.2, -0.15) is 0 Å². The van der Waals surface area contributed by atoms with Crippen LogP contribution in [0.2, 0.25) is 0 Å². The van der Waals surface area contributed by atoms with Crippen LogP contribution in [0.15, 0.2) is 36.4 Å². The van der Waals surface area contributed by atoms with Crippen molar-refractivity contribution in [1.82, 2.24) is 0 Å². The molecule has 0 bridgehead atoms. The van der Waals surface area contributed by atoms with E-state index in [1.807, 2.05) is 47.7 Å². The van der Waals surface area contributed by atoms with Gasteiger partial charge in [0.1, 0.15) is 0 Å². The summed E-state index contributed by atoms with van der Waals surface area (Å²) in [7, 11) is 0. The highest BCUT2D eigenvalue weighted by Gasteiger charge is 2.17. The van der Waals surface area contributed by atoms with Crippen LogP contribution in [-0.4, -0.2) is 23.9 Å². The lowest BCUT2D eigenvalue weighted by Gasteiger charge is -2.20. The molecule has 130 valence electrons. The molecule has 2 aromatic carbocycles. The van der Waals surface area contributed by atoms with E-state index in [1.165, 1.54) is 30.7 Å². The third-order valence-electron chi connectivity index (χ3n) is 4.31. The van der Waals surface area contributed by atoms with Gasteiger partial charge in [-0.15, -0.1) is 0 Å². The number of benzene rings is 2. The molecule has 0 aromatic heterocycles. The molecular weight excluding hydrogens is 433 g/mol. The van der Waals surface area contributed by atoms with Crippen LogP contribution < -0.4 is 10.2 Å². The molecule has 0 aliphatic carbocycles. The lowest BCUT2D eigenvalue weighted by atomic mass is 10.1. The molecule has 0 saturated carbocycles. The Hall–Kier alpha value is -2.16. The molecule has 1 aliphatic heterocycles. The number of rotatable bonds is 4. The number of hydrogen-bond donors (Lipinski definition) is 1. The van der Waals surface area contributed by atoms with Gasteiger partial charge < -0.3 is 10.2 Å². The summed E-state index contributed by atoms with van der Waals surface area (Å²) >= 11 is 2.01. The van der Waals surface area contributed by atoms with Crippen LogP contribution >= 0.6 is 22.6 Å². The summed E-state index contributed by atoms with van der Waals surface area (Å²) in [6.45, 7) is 4.16. The van der Waals surface area contributed by atoms with E-state index in [-0.39, 0.29) is 11.6 Å². The Morgan fingerprint density at radius 3 is 2.56 bits per heavy atom. The summed E-state index contributed by atoms with van der Waals surface area (Å²) in [6.07, 6.45) is 2.42. The van der Waals surface area contributed by atoms with Crippen molar-refractivity contribution in [1.29, 1.82) is 0 Å². The molecule has 7 heteroatoms. The van der Waals surface area contributed by atoms with E-state index in [0.717, 1.165) is 18.7 Å². The lowest BCUT2D eigenvalue weighted by Crippen LogP contribution is -2.19. The van der Waals surface area contributed by atoms with Crippen molar-refractivity contribution in [3.8, 4) is 0 Å². The van der Waals surface area contributed by atoms with Gasteiger partial charge in [0.05, 0.1) is 10.5 Å². The molecule has 3 rings (SSSR count). The lowest BCUT2D eigenvalue weighted by molar-refractivity contribution is -0.384. The van der Waals surface area contributed by atoms with Gasteiger partial charge >= 0.3 is 0 Å². The van der Waals surface area contributed by atoms with E-state index in [4.69, 9.17) is 0 Å². The van der Waals surface area contributed by atoms with Crippen LogP contribution in [0.5, 0.6) is 0 Å². The number of carbonyl (C=O) groups is 1. The molecule has 1 amide bonds. The fourth-order valence-corrected chi connectivity index (χ4v) is 3.63. The fraction of sp³-hybridized carbons (Fsp3) is 0.278. The summed E-state index contributed by atoms with van der Waals surface area (Å²) in [5, 5.41) is 13.8. The van der Waals surface area contributed by atoms with Crippen molar-refractivity contribution in [2.75, 3.05) is 23.3 Å². The third kappa shape index (κ3) is 3.92. The summed E-state index contributed by atoms with van der Waals surface area (Å²) in [5.74, 6) is -0.346. The van der Waals surface area contributed by atoms with Gasteiger partial charge in [-0.05, 0) is 72.2 Å². The molecule has 0 radical (unpaired) electrons. The van der Waals surface area contributed by atoms with Gasteiger partial charge in [0, 0.05) is 40.2 Å². The summed E-state index contributed by atoms with van der Waals surface area (Å²) in [6, 6.07) is 10.1. The van der Waals surface area contributed by atoms with Crippen LogP contribution in [0.4, 0.5) is 17.1 Å². The summed E-state index contributed by atoms with van der Waals surface area (Å²) < 4.78 is 0.672. The Morgan fingerprint density at radius 1 is 1.20 bits per heavy atom. The molecule has 0 spiro atoms. The molecule has 1 saturated heterocycles. The first-order valence-corrected chi connectivity index (χ1v) is 9.14. The number of nitrogens with zero attached hydrogens (tertiary/aromatic N) is 2. The Labute approximate surface area is 159 Å². The number of nitro benzene ring substituents is 1. The zero-order chi connectivity index (χ0) is 18.0. The molecule has 1 fully saturated rings. The number of carbonyl (C=O) groups excluding carboxylic acids is 1. The smallest absolute Gasteiger partial charge is 0.270 e. The monoisotopic (exact) mass is 451 g/mol. The van der Waals surface area contributed by atoms with Gasteiger partial charge in [-0.25, -0.2) is 0 Å². The van der Waals surface area contributed by atoms with E-state index in [9.17, 15) is 14.9 Å². The van der Waals surface area contributed by atoms with Crippen molar-refractivity contribution in [3.05, 3.63) is 61.2 Å². The van der Waals surface area contributed by atoms with Crippen LogP contribution in [0.3, 0.4) is 0 Å². The molecular formula is C18H18IN3O3. The van der Waals surface area contributed by atoms with Crippen LogP contribution in [-0.2, 0) is 0 Å². The minimum atomic E-state index is -0.498. The second kappa shape index (κ2) is 7.38. The van der Waals surface area contributed by atoms with Crippen molar-refractivity contribution >= 4 is 45.6 Å². The number of hydrogen-bond acceptors (Lipinski definition) is 4. The number of non-ortho nitro benzene ring substituents is 1. The van der Waals surface area contributed by atoms with E-state index in [2.05, 4.69) is 10.2 Å². The second-order valence-corrected chi connectivity index (χ2v) is 7.23. The van der Waals surface area contributed by atoms with Crippen LogP contribution in [0.1, 0.15) is 28.8 Å². The number of anilines is 2. The highest BCUT2D eigenvalue weighted by molar-refractivity contribution is 14.1. The average Bonchev–Trinajstić information content (AvgIpc) is 3.09. The molecule has 1 aliphatic rings. The molecule has 0 atom stereocenters. The Bertz CT molecular complexity index is 832. The number of nitrogens with one attached hydrogen (secondary N) is 1. The first-order valence-electron chi connectivity index (χ1n) is 8.06. The SMILES string of the molecule is Cc1cc(NC(=O)c2cc([N+](=O)[O-])ccc2I)ccc1N1CCCC1. The van der Waals surface area contributed by atoms with Gasteiger partial charge in [0.2, 0.25) is 0 Å². The topological polar surface area (TPSA) is 75.5 Å². The Balaban J connectivity index is 1.80. The van der Waals surface area contributed by atoms with Crippen LogP contribution in [0, 0.1) is 20.6 Å². The van der Waals surface area contributed by atoms with Gasteiger partial charge in [0.25, 0.3) is 11.6 Å². The molecule has 0 unspecified atom stereocenters. The summed E-state index contributed by atoms with van der Waals surface area (Å²) in [4.78, 5) is 25.3. The molecule has 1 N–H and O–H groups in total. The van der Waals surface area contributed by atoms with E-state index in [1.54, 1.807) is 6.07 Å². The second-order valence-electron chi connectivity index (χ2n) is 6.07. The van der Waals surface area contributed by atoms with Gasteiger partial charge in [0.15, 0.2) is 0 Å². The first-order chi connectivity index (χ1) is 12.0. The van der Waals surface area contributed by atoms with Crippen molar-refractivity contribution < 1.29 is 9.72 Å². The van der Waals surface area contributed by atoms with Crippen molar-refractivity contribution in [3.63, 3.8) is 0 Å². The normalized spacial score (nSPS) is 13.8. The largest absolute Gasteiger partial charge is 0.371 e. The van der Waals surface area contributed by atoms with Crippen LogP contribution in [0.25, 0.3) is 0 Å². The fourth-order valence-electron chi connectivity index (χ4n) is 3.05. The van der Waals surface area contributed by atoms with E-state index >= 15 is 0 Å². The van der Waals surface area contributed by atoms with Gasteiger partial charge in [-0.1, -0.05) is 0 Å². The highest BCUT2D eigenvalue weighted by atomic mass is 127. The summed E-state index contributed by atoms with van der Waals surface area (Å²) in [5.41, 5.74) is 3.20.